The number of para-hydroxylation sites is 2. The van der Waals surface area contributed by atoms with Crippen LogP contribution >= 0.6 is 0 Å². The molecule has 6 nitrogen and oxygen atoms in total. The molecule has 0 N–H and O–H groups in total. The minimum atomic E-state index is -0.406. The number of ether oxygens (including phenoxy) is 1. The third-order valence-corrected chi connectivity index (χ3v) is 5.19. The Morgan fingerprint density at radius 3 is 2.58 bits per heavy atom. The molecule has 3 aromatic rings. The third kappa shape index (κ3) is 4.80. The smallest absolute Gasteiger partial charge is 0.269 e. The van der Waals surface area contributed by atoms with Gasteiger partial charge in [-0.1, -0.05) is 36.4 Å². The van der Waals surface area contributed by atoms with Gasteiger partial charge in [0.15, 0.2) is 0 Å². The zero-order valence-electron chi connectivity index (χ0n) is 17.3. The Hall–Kier alpha value is -3.93. The molecule has 0 aliphatic carbocycles. The van der Waals surface area contributed by atoms with Gasteiger partial charge in [-0.15, -0.1) is 0 Å². The second-order valence-corrected chi connectivity index (χ2v) is 7.29. The first-order valence-corrected chi connectivity index (χ1v) is 10.1. The van der Waals surface area contributed by atoms with Gasteiger partial charge in [0.25, 0.3) is 5.69 Å². The van der Waals surface area contributed by atoms with Crippen molar-refractivity contribution in [3.63, 3.8) is 0 Å². The summed E-state index contributed by atoms with van der Waals surface area (Å²) in [5.74, 6) is 0.747. The number of rotatable bonds is 6. The maximum atomic E-state index is 10.8. The lowest BCUT2D eigenvalue weighted by Crippen LogP contribution is -2.20. The number of nitro groups is 1. The lowest BCUT2D eigenvalue weighted by atomic mass is 10.1. The molecule has 6 heteroatoms. The molecule has 0 aromatic heterocycles. The fourth-order valence-corrected chi connectivity index (χ4v) is 3.49. The van der Waals surface area contributed by atoms with Gasteiger partial charge in [0.05, 0.1) is 17.2 Å². The van der Waals surface area contributed by atoms with E-state index < -0.39 is 4.92 Å². The number of benzodiazepines with no additional fused rings is 1. The van der Waals surface area contributed by atoms with Crippen LogP contribution < -0.4 is 9.64 Å². The number of benzene rings is 3. The molecule has 4 rings (SSSR count). The van der Waals surface area contributed by atoms with E-state index in [2.05, 4.69) is 24.1 Å². The Balaban J connectivity index is 1.52. The van der Waals surface area contributed by atoms with E-state index in [1.807, 2.05) is 48.6 Å². The van der Waals surface area contributed by atoms with Crippen LogP contribution in [0.1, 0.15) is 16.7 Å². The Morgan fingerprint density at radius 2 is 1.77 bits per heavy atom. The van der Waals surface area contributed by atoms with Gasteiger partial charge < -0.3 is 9.64 Å². The highest BCUT2D eigenvalue weighted by Gasteiger charge is 2.14. The van der Waals surface area contributed by atoms with E-state index in [0.29, 0.717) is 6.61 Å². The van der Waals surface area contributed by atoms with Crippen molar-refractivity contribution in [1.29, 1.82) is 0 Å². The number of hydrogen-bond donors (Lipinski definition) is 0. The van der Waals surface area contributed by atoms with E-state index in [-0.39, 0.29) is 5.69 Å². The molecule has 3 aromatic carbocycles. The first-order valence-electron chi connectivity index (χ1n) is 10.1. The molecule has 0 amide bonds. The zero-order chi connectivity index (χ0) is 21.6. The number of aliphatic imine (C=N–C) groups is 1. The van der Waals surface area contributed by atoms with Crippen LogP contribution in [-0.2, 0) is 6.61 Å². The number of nitrogens with zero attached hydrogens (tertiary/aromatic N) is 3. The van der Waals surface area contributed by atoms with E-state index in [0.717, 1.165) is 41.2 Å². The van der Waals surface area contributed by atoms with Crippen LogP contribution in [-0.4, -0.2) is 30.8 Å². The van der Waals surface area contributed by atoms with E-state index in [1.165, 1.54) is 17.8 Å². The summed E-state index contributed by atoms with van der Waals surface area (Å²) in [4.78, 5) is 17.4. The Morgan fingerprint density at radius 1 is 1.03 bits per heavy atom. The van der Waals surface area contributed by atoms with Crippen molar-refractivity contribution in [2.75, 3.05) is 25.0 Å². The summed E-state index contributed by atoms with van der Waals surface area (Å²) in [6, 6.07) is 22.5. The first kappa shape index (κ1) is 20.3. The molecule has 1 heterocycles. The van der Waals surface area contributed by atoms with Crippen LogP contribution in [0.3, 0.4) is 0 Å². The molecule has 0 saturated heterocycles. The first-order chi connectivity index (χ1) is 15.1. The summed E-state index contributed by atoms with van der Waals surface area (Å²) >= 11 is 0. The lowest BCUT2D eigenvalue weighted by molar-refractivity contribution is -0.384. The average molecular weight is 413 g/mol. The van der Waals surface area contributed by atoms with Gasteiger partial charge in [-0.25, -0.2) is 0 Å². The summed E-state index contributed by atoms with van der Waals surface area (Å²) in [6.07, 6.45) is 4.05. The van der Waals surface area contributed by atoms with E-state index >= 15 is 0 Å². The minimum absolute atomic E-state index is 0.0715. The number of anilines is 1. The second kappa shape index (κ2) is 9.26. The van der Waals surface area contributed by atoms with Crippen LogP contribution in [0.2, 0.25) is 0 Å². The monoisotopic (exact) mass is 413 g/mol. The molecule has 0 fully saturated rings. The molecule has 156 valence electrons. The predicted octanol–water partition coefficient (Wildman–Crippen LogP) is 5.13. The van der Waals surface area contributed by atoms with Gasteiger partial charge in [-0.3, -0.25) is 15.1 Å². The fraction of sp³-hybridized carbons (Fsp3) is 0.160. The number of hydrogen-bond acceptors (Lipinski definition) is 5. The number of non-ortho nitro benzene ring substituents is 1. The molecule has 31 heavy (non-hydrogen) atoms. The molecule has 0 bridgehead atoms. The van der Waals surface area contributed by atoms with Gasteiger partial charge in [0.2, 0.25) is 0 Å². The van der Waals surface area contributed by atoms with Crippen molar-refractivity contribution in [3.05, 3.63) is 106 Å². The van der Waals surface area contributed by atoms with Crippen LogP contribution in [0.25, 0.3) is 6.08 Å². The van der Waals surface area contributed by atoms with Crippen molar-refractivity contribution < 1.29 is 9.66 Å². The number of allylic oxidation sites excluding steroid dienone is 1. The van der Waals surface area contributed by atoms with Crippen molar-refractivity contribution in [3.8, 4) is 5.75 Å². The van der Waals surface area contributed by atoms with Gasteiger partial charge in [-0.2, -0.15) is 0 Å². The third-order valence-electron chi connectivity index (χ3n) is 5.19. The Labute approximate surface area is 181 Å². The van der Waals surface area contributed by atoms with Crippen LogP contribution in [0.5, 0.6) is 5.75 Å². The highest BCUT2D eigenvalue weighted by Crippen LogP contribution is 2.25. The second-order valence-electron chi connectivity index (χ2n) is 7.29. The predicted molar refractivity (Wildman–Crippen MR) is 124 cm³/mol. The molecule has 0 spiro atoms. The maximum Gasteiger partial charge on any atom is 0.269 e. The van der Waals surface area contributed by atoms with Gasteiger partial charge in [0.1, 0.15) is 12.4 Å². The zero-order valence-corrected chi connectivity index (χ0v) is 17.3. The quantitative estimate of drug-likeness (QED) is 0.415. The number of nitro benzene ring substituents is 1. The molecule has 0 atom stereocenters. The average Bonchev–Trinajstić information content (AvgIpc) is 2.96. The molecule has 0 radical (unpaired) electrons. The van der Waals surface area contributed by atoms with Crippen LogP contribution in [0.4, 0.5) is 11.4 Å². The highest BCUT2D eigenvalue weighted by molar-refractivity contribution is 6.14. The SMILES string of the molecule is CN1CCN=C(C=Cc2ccccc2OCc2ccc([N+](=O)[O-])cc2)c2ccccc21. The van der Waals surface area contributed by atoms with Crippen LogP contribution in [0, 0.1) is 10.1 Å². The van der Waals surface area contributed by atoms with Gasteiger partial charge >= 0.3 is 0 Å². The number of likely N-dealkylation sites (N-methyl/N-ethyl adjacent to an activating group) is 1. The van der Waals surface area contributed by atoms with E-state index in [4.69, 9.17) is 9.73 Å². The Kier molecular flexibility index (Phi) is 6.08. The fourth-order valence-electron chi connectivity index (χ4n) is 3.49. The molecule has 0 saturated carbocycles. The summed E-state index contributed by atoms with van der Waals surface area (Å²) in [5.41, 5.74) is 5.12. The normalized spacial score (nSPS) is 13.5. The minimum Gasteiger partial charge on any atom is -0.488 e. The number of fused-ring (bicyclic) bond motifs is 1. The summed E-state index contributed by atoms with van der Waals surface area (Å²) in [5, 5.41) is 10.8. The van der Waals surface area contributed by atoms with Crippen LogP contribution in [0.15, 0.2) is 83.9 Å². The van der Waals surface area contributed by atoms with Crippen molar-refractivity contribution in [1.82, 2.24) is 0 Å². The van der Waals surface area contributed by atoms with Gasteiger partial charge in [0, 0.05) is 42.5 Å². The Bertz CT molecular complexity index is 1140. The molecule has 0 unspecified atom stereocenters. The molecule has 1 aliphatic heterocycles. The van der Waals surface area contributed by atoms with Crippen molar-refractivity contribution in [2.45, 2.75) is 6.61 Å². The van der Waals surface area contributed by atoms with Gasteiger partial charge in [-0.05, 0) is 42.0 Å². The molecular formula is C25H23N3O3. The van der Waals surface area contributed by atoms with E-state index in [1.54, 1.807) is 12.1 Å². The summed E-state index contributed by atoms with van der Waals surface area (Å²) < 4.78 is 6.01. The summed E-state index contributed by atoms with van der Waals surface area (Å²) in [6.45, 7) is 1.95. The summed E-state index contributed by atoms with van der Waals surface area (Å²) in [7, 11) is 2.09. The topological polar surface area (TPSA) is 68.0 Å². The van der Waals surface area contributed by atoms with E-state index in [9.17, 15) is 10.1 Å². The molecular weight excluding hydrogens is 390 g/mol. The highest BCUT2D eigenvalue weighted by atomic mass is 16.6. The molecule has 1 aliphatic rings. The van der Waals surface area contributed by atoms with Crippen molar-refractivity contribution in [2.24, 2.45) is 4.99 Å². The van der Waals surface area contributed by atoms with Crippen molar-refractivity contribution >= 4 is 23.2 Å². The lowest BCUT2D eigenvalue weighted by Gasteiger charge is -2.18. The maximum absolute atomic E-state index is 10.8. The largest absolute Gasteiger partial charge is 0.488 e. The standard InChI is InChI=1S/C25H23N3O3/c1-27-17-16-26-23(22-7-3-4-8-24(22)27)15-12-20-6-2-5-9-25(20)31-18-19-10-13-21(14-11-19)28(29)30/h2-15H,16-18H2,1H3.